The van der Waals surface area contributed by atoms with E-state index in [4.69, 9.17) is 0 Å². The Bertz CT molecular complexity index is 355. The van der Waals surface area contributed by atoms with E-state index < -0.39 is 12.1 Å². The Morgan fingerprint density at radius 1 is 1.19 bits per heavy atom. The third-order valence-corrected chi connectivity index (χ3v) is 4.24. The molecule has 0 radical (unpaired) electrons. The molecule has 3 atom stereocenters. The summed E-state index contributed by atoms with van der Waals surface area (Å²) in [5, 5.41) is 6.13. The second kappa shape index (κ2) is 8.37. The van der Waals surface area contributed by atoms with E-state index in [9.17, 15) is 9.59 Å². The van der Waals surface area contributed by atoms with Crippen LogP contribution in [0.4, 0.5) is 4.79 Å². The highest BCUT2D eigenvalue weighted by atomic mass is 16.5. The number of Topliss-reactive ketones (excluding diaryl/α,β-unsaturated/α-hetero) is 1. The third-order valence-electron chi connectivity index (χ3n) is 4.24. The lowest BCUT2D eigenvalue weighted by molar-refractivity contribution is -0.126. The smallest absolute Gasteiger partial charge is 0.407 e. The van der Waals surface area contributed by atoms with Gasteiger partial charge in [-0.2, -0.15) is 0 Å². The Morgan fingerprint density at radius 2 is 1.86 bits per heavy atom. The number of alkyl carbamates (subject to hydrolysis) is 1. The van der Waals surface area contributed by atoms with Crippen LogP contribution in [-0.4, -0.2) is 37.6 Å². The minimum Gasteiger partial charge on any atom is -0.453 e. The summed E-state index contributed by atoms with van der Waals surface area (Å²) in [4.78, 5) is 24.2. The molecule has 0 saturated heterocycles. The summed E-state index contributed by atoms with van der Waals surface area (Å²) in [5.74, 6) is 0.640. The van der Waals surface area contributed by atoms with Gasteiger partial charge in [0.15, 0.2) is 5.78 Å². The van der Waals surface area contributed by atoms with E-state index in [-0.39, 0.29) is 17.6 Å². The Hall–Kier alpha value is -1.10. The van der Waals surface area contributed by atoms with Gasteiger partial charge in [-0.25, -0.2) is 4.79 Å². The first-order valence-corrected chi connectivity index (χ1v) is 7.98. The molecule has 0 aromatic rings. The number of carbonyl (C=O) groups excluding carboxylic acids is 2. The number of ether oxygens (including phenoxy) is 1. The largest absolute Gasteiger partial charge is 0.453 e. The van der Waals surface area contributed by atoms with Gasteiger partial charge in [0.05, 0.1) is 13.2 Å². The van der Waals surface area contributed by atoms with Crippen LogP contribution in [0.25, 0.3) is 0 Å². The van der Waals surface area contributed by atoms with Crippen molar-refractivity contribution in [3.63, 3.8) is 0 Å². The molecule has 1 aliphatic rings. The van der Waals surface area contributed by atoms with Crippen LogP contribution < -0.4 is 10.6 Å². The van der Waals surface area contributed by atoms with Crippen molar-refractivity contribution < 1.29 is 14.3 Å². The van der Waals surface area contributed by atoms with Gasteiger partial charge in [-0.1, -0.05) is 34.1 Å². The fourth-order valence-corrected chi connectivity index (χ4v) is 3.03. The Balaban J connectivity index is 2.70. The number of ketones is 1. The first-order chi connectivity index (χ1) is 9.86. The minimum absolute atomic E-state index is 0.0424. The summed E-state index contributed by atoms with van der Waals surface area (Å²) in [6, 6.07) is -0.0301. The molecule has 1 aliphatic carbocycles. The molecule has 1 rings (SSSR count). The zero-order valence-corrected chi connectivity index (χ0v) is 13.9. The molecule has 0 aliphatic heterocycles. The van der Waals surface area contributed by atoms with Crippen molar-refractivity contribution in [1.82, 2.24) is 10.6 Å². The molecule has 1 amide bonds. The summed E-state index contributed by atoms with van der Waals surface area (Å²) in [7, 11) is 1.32. The average Bonchev–Trinajstić information content (AvgIpc) is 2.89. The zero-order chi connectivity index (χ0) is 16.0. The number of carbonyl (C=O) groups is 2. The van der Waals surface area contributed by atoms with Crippen LogP contribution in [0.5, 0.6) is 0 Å². The SMILES string of the molecule is COC(=O)NC(C(=O)C1CCCC1CNC(C)C)C(C)C. The van der Waals surface area contributed by atoms with Gasteiger partial charge in [0, 0.05) is 12.0 Å². The van der Waals surface area contributed by atoms with Crippen LogP contribution in [0, 0.1) is 17.8 Å². The molecule has 3 unspecified atom stereocenters. The van der Waals surface area contributed by atoms with Crippen LogP contribution in [-0.2, 0) is 9.53 Å². The van der Waals surface area contributed by atoms with E-state index in [2.05, 4.69) is 29.2 Å². The third kappa shape index (κ3) is 5.30. The fourth-order valence-electron chi connectivity index (χ4n) is 3.03. The number of methoxy groups -OCH3 is 1. The lowest BCUT2D eigenvalue weighted by Crippen LogP contribution is -2.48. The van der Waals surface area contributed by atoms with Gasteiger partial charge < -0.3 is 15.4 Å². The average molecular weight is 298 g/mol. The molecule has 1 fully saturated rings. The fraction of sp³-hybridized carbons (Fsp3) is 0.875. The summed E-state index contributed by atoms with van der Waals surface area (Å²) in [6.45, 7) is 9.00. The molecule has 0 aromatic carbocycles. The number of rotatable bonds is 7. The molecule has 1 saturated carbocycles. The van der Waals surface area contributed by atoms with Crippen LogP contribution in [0.1, 0.15) is 47.0 Å². The highest BCUT2D eigenvalue weighted by molar-refractivity contribution is 5.89. The van der Waals surface area contributed by atoms with Gasteiger partial charge in [-0.3, -0.25) is 4.79 Å². The highest BCUT2D eigenvalue weighted by Gasteiger charge is 2.38. The maximum Gasteiger partial charge on any atom is 0.407 e. The topological polar surface area (TPSA) is 67.4 Å². The van der Waals surface area contributed by atoms with Gasteiger partial charge in [-0.05, 0) is 31.2 Å². The molecule has 2 N–H and O–H groups in total. The predicted octanol–water partition coefficient (Wildman–Crippen LogP) is 2.35. The minimum atomic E-state index is -0.531. The molecule has 5 nitrogen and oxygen atoms in total. The van der Waals surface area contributed by atoms with E-state index in [1.165, 1.54) is 7.11 Å². The lowest BCUT2D eigenvalue weighted by Gasteiger charge is -2.27. The normalized spacial score (nSPS) is 23.4. The van der Waals surface area contributed by atoms with Crippen LogP contribution >= 0.6 is 0 Å². The van der Waals surface area contributed by atoms with Crippen molar-refractivity contribution in [2.45, 2.75) is 59.0 Å². The van der Waals surface area contributed by atoms with Crippen molar-refractivity contribution in [2.75, 3.05) is 13.7 Å². The maximum absolute atomic E-state index is 12.8. The second-order valence-electron chi connectivity index (χ2n) is 6.62. The molecule has 0 spiro atoms. The summed E-state index contributed by atoms with van der Waals surface area (Å²) in [6.07, 6.45) is 2.56. The highest BCUT2D eigenvalue weighted by Crippen LogP contribution is 2.33. The van der Waals surface area contributed by atoms with E-state index in [1.54, 1.807) is 0 Å². The van der Waals surface area contributed by atoms with Gasteiger partial charge in [0.25, 0.3) is 0 Å². The Kier molecular flexibility index (Phi) is 7.15. The molecule has 122 valence electrons. The van der Waals surface area contributed by atoms with E-state index in [1.807, 2.05) is 13.8 Å². The number of amides is 1. The van der Waals surface area contributed by atoms with Crippen molar-refractivity contribution in [3.05, 3.63) is 0 Å². The summed E-state index contributed by atoms with van der Waals surface area (Å²) < 4.78 is 4.63. The molecular formula is C16H30N2O3. The molecule has 5 heteroatoms. The van der Waals surface area contributed by atoms with E-state index >= 15 is 0 Å². The number of nitrogens with one attached hydrogen (secondary N) is 2. The lowest BCUT2D eigenvalue weighted by atomic mass is 9.84. The summed E-state index contributed by atoms with van der Waals surface area (Å²) in [5.41, 5.74) is 0. The van der Waals surface area contributed by atoms with Crippen molar-refractivity contribution >= 4 is 11.9 Å². The van der Waals surface area contributed by atoms with Crippen molar-refractivity contribution in [3.8, 4) is 0 Å². The van der Waals surface area contributed by atoms with E-state index in [0.717, 1.165) is 25.8 Å². The molecule has 0 heterocycles. The Morgan fingerprint density at radius 3 is 2.38 bits per heavy atom. The van der Waals surface area contributed by atoms with Gasteiger partial charge in [0.1, 0.15) is 0 Å². The number of hydrogen-bond donors (Lipinski definition) is 2. The quantitative estimate of drug-likeness (QED) is 0.757. The van der Waals surface area contributed by atoms with Crippen LogP contribution in [0.3, 0.4) is 0 Å². The second-order valence-corrected chi connectivity index (χ2v) is 6.62. The van der Waals surface area contributed by atoms with Gasteiger partial charge in [0.2, 0.25) is 0 Å². The Labute approximate surface area is 128 Å². The first-order valence-electron chi connectivity index (χ1n) is 7.98. The van der Waals surface area contributed by atoms with Crippen LogP contribution in [0.15, 0.2) is 0 Å². The predicted molar refractivity (Wildman–Crippen MR) is 83.1 cm³/mol. The number of hydrogen-bond acceptors (Lipinski definition) is 4. The molecule has 0 bridgehead atoms. The van der Waals surface area contributed by atoms with Crippen molar-refractivity contribution in [1.29, 1.82) is 0 Å². The molecule has 0 aromatic heterocycles. The maximum atomic E-state index is 12.8. The standard InChI is InChI=1S/C16H30N2O3/c1-10(2)14(18-16(20)21-5)15(19)13-8-6-7-12(13)9-17-11(3)4/h10-14,17H,6-9H2,1-5H3,(H,18,20). The van der Waals surface area contributed by atoms with Crippen LogP contribution in [0.2, 0.25) is 0 Å². The van der Waals surface area contributed by atoms with Gasteiger partial charge in [-0.15, -0.1) is 0 Å². The van der Waals surface area contributed by atoms with E-state index in [0.29, 0.717) is 12.0 Å². The monoisotopic (exact) mass is 298 g/mol. The molecule has 21 heavy (non-hydrogen) atoms. The molecular weight excluding hydrogens is 268 g/mol. The van der Waals surface area contributed by atoms with Gasteiger partial charge >= 0.3 is 6.09 Å². The zero-order valence-electron chi connectivity index (χ0n) is 13.9. The first kappa shape index (κ1) is 18.0. The van der Waals surface area contributed by atoms with Crippen molar-refractivity contribution in [2.24, 2.45) is 17.8 Å². The summed E-state index contributed by atoms with van der Waals surface area (Å²) >= 11 is 0.